The van der Waals surface area contributed by atoms with Gasteiger partial charge in [-0.15, -0.1) is 22.7 Å². The summed E-state index contributed by atoms with van der Waals surface area (Å²) in [5.74, 6) is 0.908. The summed E-state index contributed by atoms with van der Waals surface area (Å²) in [4.78, 5) is 42.6. The molecular formula is C43H57ClN8O4S2. The van der Waals surface area contributed by atoms with Crippen LogP contribution in [0.1, 0.15) is 100 Å². The molecule has 2 aliphatic carbocycles. The minimum absolute atomic E-state index is 0. The highest BCUT2D eigenvalue weighted by Gasteiger charge is 2.26. The number of carbonyl (C=O) groups is 2. The van der Waals surface area contributed by atoms with Crippen molar-refractivity contribution < 1.29 is 19.1 Å². The number of benzene rings is 2. The third-order valence-corrected chi connectivity index (χ3v) is 12.0. The maximum atomic E-state index is 12.0. The first-order valence-corrected chi connectivity index (χ1v) is 21.5. The lowest BCUT2D eigenvalue weighted by Crippen LogP contribution is -2.42. The molecule has 2 aromatic carbocycles. The van der Waals surface area contributed by atoms with E-state index in [1.54, 1.807) is 29.0 Å². The van der Waals surface area contributed by atoms with Crippen molar-refractivity contribution in [1.29, 1.82) is 0 Å². The van der Waals surface area contributed by atoms with Gasteiger partial charge in [-0.05, 0) is 105 Å². The molecule has 0 saturated heterocycles. The first kappa shape index (κ1) is 44.7. The number of hydrogen-bond donors (Lipinski definition) is 4. The van der Waals surface area contributed by atoms with Crippen LogP contribution in [-0.4, -0.2) is 67.5 Å². The van der Waals surface area contributed by atoms with Gasteiger partial charge >= 0.3 is 12.2 Å². The van der Waals surface area contributed by atoms with Crippen molar-refractivity contribution in [2.45, 2.75) is 136 Å². The Kier molecular flexibility index (Phi) is 15.1. The van der Waals surface area contributed by atoms with E-state index in [1.165, 1.54) is 21.1 Å². The molecule has 58 heavy (non-hydrogen) atoms. The molecule has 15 heteroatoms. The monoisotopic (exact) mass is 848 g/mol. The molecule has 0 bridgehead atoms. The molecule has 5 N–H and O–H groups in total. The maximum Gasteiger partial charge on any atom is 0.407 e. The molecule has 0 aliphatic heterocycles. The van der Waals surface area contributed by atoms with Crippen LogP contribution in [0, 0.1) is 0 Å². The summed E-state index contributed by atoms with van der Waals surface area (Å²) in [5.41, 5.74) is 4.90. The summed E-state index contributed by atoms with van der Waals surface area (Å²) in [6, 6.07) is 17.5. The van der Waals surface area contributed by atoms with Gasteiger partial charge in [-0.25, -0.2) is 29.5 Å². The zero-order valence-corrected chi connectivity index (χ0v) is 35.8. The molecule has 2 saturated carbocycles. The van der Waals surface area contributed by atoms with E-state index in [2.05, 4.69) is 66.2 Å². The highest BCUT2D eigenvalue weighted by atomic mass is 35.5. The number of carbonyl (C=O) groups excluding carboxylic acids is 2. The molecule has 0 radical (unpaired) electrons. The van der Waals surface area contributed by atoms with E-state index in [0.29, 0.717) is 17.2 Å². The summed E-state index contributed by atoms with van der Waals surface area (Å²) < 4.78 is 13.0. The average molecular weight is 850 g/mol. The van der Waals surface area contributed by atoms with Crippen molar-refractivity contribution >= 4 is 92.9 Å². The number of aromatic nitrogens is 4. The lowest BCUT2D eigenvalue weighted by molar-refractivity contribution is 0.0480. The Morgan fingerprint density at radius 3 is 1.60 bits per heavy atom. The largest absolute Gasteiger partial charge is 0.444 e. The second kappa shape index (κ2) is 19.6. The van der Waals surface area contributed by atoms with Crippen LogP contribution in [0.4, 0.5) is 15.4 Å². The van der Waals surface area contributed by atoms with Crippen LogP contribution in [0.25, 0.3) is 40.6 Å². The van der Waals surface area contributed by atoms with Crippen LogP contribution >= 0.6 is 34.3 Å². The molecule has 2 aliphatic rings. The SMILES string of the molecule is C.CC(C)(C)OC(=O)NC1CCC(N)CC1.CC(C)(C)OC(=O)NC1CCC(Nc2ncnc3sc4ccccc4c23)CC1.Clc1ncnc2sc3ccccc3c12. The smallest absolute Gasteiger partial charge is 0.407 e. The topological polar surface area (TPSA) is 166 Å². The Hall–Kier alpha value is -4.37. The number of amides is 2. The third-order valence-electron chi connectivity index (χ3n) is 9.59. The van der Waals surface area contributed by atoms with E-state index < -0.39 is 11.2 Å². The first-order chi connectivity index (χ1) is 27.1. The van der Waals surface area contributed by atoms with Crippen molar-refractivity contribution in [3.63, 3.8) is 0 Å². The van der Waals surface area contributed by atoms with Gasteiger partial charge in [0.15, 0.2) is 0 Å². The molecule has 2 amide bonds. The lowest BCUT2D eigenvalue weighted by atomic mass is 9.91. The van der Waals surface area contributed by atoms with Crippen molar-refractivity contribution in [1.82, 2.24) is 30.6 Å². The predicted molar refractivity (Wildman–Crippen MR) is 240 cm³/mol. The summed E-state index contributed by atoms with van der Waals surface area (Å²) in [7, 11) is 0. The van der Waals surface area contributed by atoms with E-state index >= 15 is 0 Å². The zero-order valence-electron chi connectivity index (χ0n) is 33.4. The number of fused-ring (bicyclic) bond motifs is 6. The van der Waals surface area contributed by atoms with Gasteiger partial charge in [0.05, 0.1) is 10.8 Å². The molecule has 6 aromatic rings. The van der Waals surface area contributed by atoms with Gasteiger partial charge in [0.1, 0.15) is 44.5 Å². The first-order valence-electron chi connectivity index (χ1n) is 19.5. The Bertz CT molecular complexity index is 2290. The van der Waals surface area contributed by atoms with E-state index in [-0.39, 0.29) is 31.7 Å². The number of ether oxygens (including phenoxy) is 2. The zero-order chi connectivity index (χ0) is 40.7. The van der Waals surface area contributed by atoms with Gasteiger partial charge in [0, 0.05) is 44.3 Å². The molecule has 0 spiro atoms. The summed E-state index contributed by atoms with van der Waals surface area (Å²) >= 11 is 9.37. The van der Waals surface area contributed by atoms with E-state index in [4.69, 9.17) is 26.8 Å². The standard InChI is InChI=1S/C21H26N4O2S.C11H22N2O2.C10H5ClN2S.CH4/c1-21(2,3)27-20(26)25-14-10-8-13(9-11-14)24-18-17-15-6-4-5-7-16(15)28-19(17)23-12-22-18;1-11(2,3)15-10(14)13-9-6-4-8(12)5-7-9;11-9-8-6-3-1-2-4-7(6)14-10(8)13-5-12-9;/h4-7,12-14H,8-11H2,1-3H3,(H,25,26)(H,22,23,24);8-9H,4-7,12H2,1-3H3,(H,13,14);1-5H;1H4. The second-order valence-electron chi connectivity index (χ2n) is 16.5. The third kappa shape index (κ3) is 12.3. The molecule has 4 aromatic heterocycles. The van der Waals surface area contributed by atoms with Crippen LogP contribution in [0.5, 0.6) is 0 Å². The van der Waals surface area contributed by atoms with E-state index in [1.807, 2.05) is 59.7 Å². The summed E-state index contributed by atoms with van der Waals surface area (Å²) in [6.45, 7) is 11.2. The molecule has 0 atom stereocenters. The van der Waals surface area contributed by atoms with Crippen molar-refractivity contribution in [2.75, 3.05) is 5.32 Å². The molecular weight excluding hydrogens is 792 g/mol. The van der Waals surface area contributed by atoms with Gasteiger partial charge in [0.25, 0.3) is 0 Å². The number of nitrogens with one attached hydrogen (secondary N) is 3. The number of rotatable bonds is 4. The van der Waals surface area contributed by atoms with Crippen LogP contribution in [0.15, 0.2) is 61.2 Å². The normalized spacial score (nSPS) is 19.5. The van der Waals surface area contributed by atoms with Gasteiger partial charge in [0.2, 0.25) is 0 Å². The predicted octanol–water partition coefficient (Wildman–Crippen LogP) is 11.0. The van der Waals surface area contributed by atoms with Crippen LogP contribution < -0.4 is 21.7 Å². The van der Waals surface area contributed by atoms with E-state index in [9.17, 15) is 9.59 Å². The summed E-state index contributed by atoms with van der Waals surface area (Å²) in [5, 5.41) is 14.4. The van der Waals surface area contributed by atoms with Gasteiger partial charge in [-0.3, -0.25) is 0 Å². The van der Waals surface area contributed by atoms with Gasteiger partial charge < -0.3 is 31.2 Å². The number of alkyl carbamates (subject to hydrolysis) is 2. The number of thiophene rings is 2. The van der Waals surface area contributed by atoms with Crippen LogP contribution in [0.2, 0.25) is 5.15 Å². The Morgan fingerprint density at radius 1 is 0.655 bits per heavy atom. The quantitative estimate of drug-likeness (QED) is 0.125. The Labute approximate surface area is 354 Å². The fourth-order valence-corrected chi connectivity index (χ4v) is 9.35. The van der Waals surface area contributed by atoms with E-state index in [0.717, 1.165) is 83.0 Å². The minimum atomic E-state index is -0.468. The number of hydrogen-bond acceptors (Lipinski definition) is 12. The summed E-state index contributed by atoms with van der Waals surface area (Å²) in [6.07, 6.45) is 10.2. The fraction of sp³-hybridized carbons (Fsp3) is 0.488. The maximum absolute atomic E-state index is 12.0. The van der Waals surface area contributed by atoms with Crippen molar-refractivity contribution in [2.24, 2.45) is 5.73 Å². The number of halogens is 1. The number of anilines is 1. The Morgan fingerprint density at radius 2 is 1.09 bits per heavy atom. The molecule has 4 heterocycles. The number of nitrogens with zero attached hydrogens (tertiary/aromatic N) is 4. The second-order valence-corrected chi connectivity index (χ2v) is 19.0. The van der Waals surface area contributed by atoms with Crippen molar-refractivity contribution in [3.8, 4) is 0 Å². The van der Waals surface area contributed by atoms with Crippen LogP contribution in [0.3, 0.4) is 0 Å². The fourth-order valence-electron chi connectivity index (χ4n) is 6.97. The van der Waals surface area contributed by atoms with Crippen LogP contribution in [-0.2, 0) is 9.47 Å². The molecule has 2 fully saturated rings. The number of nitrogens with two attached hydrogens (primary N) is 1. The highest BCUT2D eigenvalue weighted by molar-refractivity contribution is 7.25. The molecule has 0 unspecified atom stereocenters. The van der Waals surface area contributed by atoms with Gasteiger partial charge in [-0.1, -0.05) is 55.4 Å². The molecule has 8 rings (SSSR count). The molecule has 12 nitrogen and oxygen atoms in total. The average Bonchev–Trinajstić information content (AvgIpc) is 3.72. The van der Waals surface area contributed by atoms with Crippen molar-refractivity contribution in [3.05, 3.63) is 66.3 Å². The Balaban J connectivity index is 0.000000180. The van der Waals surface area contributed by atoms with Gasteiger partial charge in [-0.2, -0.15) is 0 Å². The lowest BCUT2D eigenvalue weighted by Gasteiger charge is -2.30. The molecule has 312 valence electrons. The minimum Gasteiger partial charge on any atom is -0.444 e. The highest BCUT2D eigenvalue weighted by Crippen LogP contribution is 2.37.